The molecule has 0 heterocycles. The average Bonchev–Trinajstić information content (AvgIpc) is 2.46. The predicted octanol–water partition coefficient (Wildman–Crippen LogP) is 3.73. The van der Waals surface area contributed by atoms with Gasteiger partial charge in [0.05, 0.1) is 0 Å². The maximum atomic E-state index is 6.07. The molecule has 0 saturated carbocycles. The van der Waals surface area contributed by atoms with Crippen molar-refractivity contribution in [3.05, 3.63) is 65.7 Å². The first-order valence-electron chi connectivity index (χ1n) is 6.85. The fraction of sp³-hybridized carbons (Fsp3) is 0.294. The van der Waals surface area contributed by atoms with Crippen LogP contribution in [0.4, 0.5) is 5.69 Å². The molecule has 0 spiro atoms. The van der Waals surface area contributed by atoms with Gasteiger partial charge in [-0.3, -0.25) is 0 Å². The van der Waals surface area contributed by atoms with Gasteiger partial charge >= 0.3 is 0 Å². The summed E-state index contributed by atoms with van der Waals surface area (Å²) in [4.78, 5) is 2.37. The van der Waals surface area contributed by atoms with E-state index in [1.807, 2.05) is 6.92 Å². The van der Waals surface area contributed by atoms with Crippen LogP contribution in [0, 0.1) is 0 Å². The largest absolute Gasteiger partial charge is 0.367 e. The van der Waals surface area contributed by atoms with Crippen LogP contribution in [0.2, 0.25) is 0 Å². The zero-order chi connectivity index (χ0) is 13.7. The minimum atomic E-state index is 0.0565. The van der Waals surface area contributed by atoms with E-state index in [0.29, 0.717) is 0 Å². The Morgan fingerprint density at radius 3 is 2.26 bits per heavy atom. The molecule has 0 aliphatic carbocycles. The van der Waals surface area contributed by atoms with Crippen LogP contribution in [0.25, 0.3) is 0 Å². The lowest BCUT2D eigenvalue weighted by Gasteiger charge is -2.27. The maximum Gasteiger partial charge on any atom is 0.0429 e. The van der Waals surface area contributed by atoms with Crippen LogP contribution in [0.3, 0.4) is 0 Å². The van der Waals surface area contributed by atoms with Crippen molar-refractivity contribution in [1.82, 2.24) is 0 Å². The molecule has 2 N–H and O–H groups in total. The molecule has 0 unspecified atom stereocenters. The van der Waals surface area contributed by atoms with Gasteiger partial charge in [0, 0.05) is 24.8 Å². The van der Waals surface area contributed by atoms with Crippen molar-refractivity contribution in [2.24, 2.45) is 5.73 Å². The molecule has 19 heavy (non-hydrogen) atoms. The minimum absolute atomic E-state index is 0.0565. The molecule has 0 bridgehead atoms. The molecular weight excluding hydrogens is 232 g/mol. The zero-order valence-corrected chi connectivity index (χ0v) is 11.7. The molecule has 0 aliphatic heterocycles. The molecule has 0 fully saturated rings. The van der Waals surface area contributed by atoms with Gasteiger partial charge in [0.1, 0.15) is 0 Å². The number of hydrogen-bond donors (Lipinski definition) is 1. The fourth-order valence-electron chi connectivity index (χ4n) is 2.33. The number of anilines is 1. The summed E-state index contributed by atoms with van der Waals surface area (Å²) in [5.74, 6) is 0. The standard InChI is InChI=1S/C17H22N2/c1-3-19(13-15-9-5-4-6-10-15)17-12-8-7-11-16(17)14(2)18/h4-12,14H,3,13,18H2,1-2H3/t14-/m0/s1. The van der Waals surface area contributed by atoms with Gasteiger partial charge in [0.2, 0.25) is 0 Å². The first kappa shape index (κ1) is 13.6. The molecular formula is C17H22N2. The molecule has 0 aliphatic rings. The second-order valence-electron chi connectivity index (χ2n) is 4.85. The van der Waals surface area contributed by atoms with Gasteiger partial charge in [-0.05, 0) is 31.0 Å². The van der Waals surface area contributed by atoms with Crippen molar-refractivity contribution >= 4 is 5.69 Å². The zero-order valence-electron chi connectivity index (χ0n) is 11.7. The SMILES string of the molecule is CCN(Cc1ccccc1)c1ccccc1[C@H](C)N. The summed E-state index contributed by atoms with van der Waals surface area (Å²) in [5, 5.41) is 0. The molecule has 1 atom stereocenters. The third-order valence-electron chi connectivity index (χ3n) is 3.37. The Morgan fingerprint density at radius 1 is 1.00 bits per heavy atom. The molecule has 0 aromatic heterocycles. The van der Waals surface area contributed by atoms with Crippen LogP contribution in [-0.4, -0.2) is 6.54 Å². The highest BCUT2D eigenvalue weighted by Gasteiger charge is 2.12. The number of hydrogen-bond acceptors (Lipinski definition) is 2. The van der Waals surface area contributed by atoms with E-state index in [-0.39, 0.29) is 6.04 Å². The third kappa shape index (κ3) is 3.36. The lowest BCUT2D eigenvalue weighted by Crippen LogP contribution is -2.24. The van der Waals surface area contributed by atoms with Crippen LogP contribution in [0.5, 0.6) is 0 Å². The van der Waals surface area contributed by atoms with Crippen LogP contribution in [0.1, 0.15) is 31.0 Å². The molecule has 2 rings (SSSR count). The maximum absolute atomic E-state index is 6.07. The van der Waals surface area contributed by atoms with Gasteiger partial charge in [0.15, 0.2) is 0 Å². The van der Waals surface area contributed by atoms with E-state index >= 15 is 0 Å². The number of rotatable bonds is 5. The first-order valence-corrected chi connectivity index (χ1v) is 6.85. The Labute approximate surface area is 115 Å². The van der Waals surface area contributed by atoms with Crippen LogP contribution >= 0.6 is 0 Å². The second-order valence-corrected chi connectivity index (χ2v) is 4.85. The summed E-state index contributed by atoms with van der Waals surface area (Å²) in [6.07, 6.45) is 0. The van der Waals surface area contributed by atoms with Crippen molar-refractivity contribution in [1.29, 1.82) is 0 Å². The van der Waals surface area contributed by atoms with Crippen molar-refractivity contribution < 1.29 is 0 Å². The van der Waals surface area contributed by atoms with E-state index in [4.69, 9.17) is 5.73 Å². The number of nitrogens with two attached hydrogens (primary N) is 1. The Hall–Kier alpha value is -1.80. The summed E-state index contributed by atoms with van der Waals surface area (Å²) in [6.45, 7) is 6.11. The third-order valence-corrected chi connectivity index (χ3v) is 3.37. The van der Waals surface area contributed by atoms with E-state index in [0.717, 1.165) is 13.1 Å². The number of para-hydroxylation sites is 1. The fourth-order valence-corrected chi connectivity index (χ4v) is 2.33. The van der Waals surface area contributed by atoms with E-state index in [1.165, 1.54) is 16.8 Å². The predicted molar refractivity (Wildman–Crippen MR) is 82.2 cm³/mol. The lowest BCUT2D eigenvalue weighted by molar-refractivity contribution is 0.778. The van der Waals surface area contributed by atoms with Crippen molar-refractivity contribution in [3.63, 3.8) is 0 Å². The van der Waals surface area contributed by atoms with Gasteiger partial charge in [-0.15, -0.1) is 0 Å². The molecule has 100 valence electrons. The average molecular weight is 254 g/mol. The van der Waals surface area contributed by atoms with E-state index in [1.54, 1.807) is 0 Å². The Bertz CT molecular complexity index is 506. The molecule has 0 saturated heterocycles. The van der Waals surface area contributed by atoms with Crippen LogP contribution in [0.15, 0.2) is 54.6 Å². The summed E-state index contributed by atoms with van der Waals surface area (Å²) in [6, 6.07) is 19.0. The van der Waals surface area contributed by atoms with Crippen LogP contribution < -0.4 is 10.6 Å². The van der Waals surface area contributed by atoms with Gasteiger partial charge in [0.25, 0.3) is 0 Å². The highest BCUT2D eigenvalue weighted by Crippen LogP contribution is 2.26. The minimum Gasteiger partial charge on any atom is -0.367 e. The van der Waals surface area contributed by atoms with E-state index in [9.17, 15) is 0 Å². The van der Waals surface area contributed by atoms with Crippen molar-refractivity contribution in [2.45, 2.75) is 26.4 Å². The van der Waals surface area contributed by atoms with E-state index in [2.05, 4.69) is 66.4 Å². The summed E-state index contributed by atoms with van der Waals surface area (Å²) in [5.41, 5.74) is 9.85. The van der Waals surface area contributed by atoms with Gasteiger partial charge in [-0.2, -0.15) is 0 Å². The molecule has 0 radical (unpaired) electrons. The van der Waals surface area contributed by atoms with Crippen LogP contribution in [-0.2, 0) is 6.54 Å². The number of benzene rings is 2. The highest BCUT2D eigenvalue weighted by atomic mass is 15.1. The normalized spacial score (nSPS) is 12.2. The van der Waals surface area contributed by atoms with Gasteiger partial charge in [-0.1, -0.05) is 48.5 Å². The smallest absolute Gasteiger partial charge is 0.0429 e. The topological polar surface area (TPSA) is 29.3 Å². The number of nitrogens with zero attached hydrogens (tertiary/aromatic N) is 1. The van der Waals surface area contributed by atoms with Gasteiger partial charge in [-0.25, -0.2) is 0 Å². The summed E-state index contributed by atoms with van der Waals surface area (Å²) in [7, 11) is 0. The lowest BCUT2D eigenvalue weighted by atomic mass is 10.1. The molecule has 2 aromatic rings. The molecule has 2 heteroatoms. The first-order chi connectivity index (χ1) is 9.22. The molecule has 2 aromatic carbocycles. The quantitative estimate of drug-likeness (QED) is 0.881. The highest BCUT2D eigenvalue weighted by molar-refractivity contribution is 5.55. The Morgan fingerprint density at radius 2 is 1.63 bits per heavy atom. The van der Waals surface area contributed by atoms with Crippen molar-refractivity contribution in [3.8, 4) is 0 Å². The van der Waals surface area contributed by atoms with Gasteiger partial charge < -0.3 is 10.6 Å². The second kappa shape index (κ2) is 6.39. The Balaban J connectivity index is 2.27. The van der Waals surface area contributed by atoms with E-state index < -0.39 is 0 Å². The monoisotopic (exact) mass is 254 g/mol. The summed E-state index contributed by atoms with van der Waals surface area (Å²) < 4.78 is 0. The molecule has 2 nitrogen and oxygen atoms in total. The Kier molecular flexibility index (Phi) is 4.58. The van der Waals surface area contributed by atoms with Crippen molar-refractivity contribution in [2.75, 3.05) is 11.4 Å². The summed E-state index contributed by atoms with van der Waals surface area (Å²) >= 11 is 0. The molecule has 0 amide bonds.